The second-order valence-electron chi connectivity index (χ2n) is 7.99. The predicted molar refractivity (Wildman–Crippen MR) is 119 cm³/mol. The normalized spacial score (nSPS) is 18.1. The number of amides is 4. The Bertz CT molecular complexity index is 958. The molecule has 7 nitrogen and oxygen atoms in total. The first kappa shape index (κ1) is 22.3. The molecule has 0 radical (unpaired) electrons. The number of hydrogen-bond donors (Lipinski definition) is 2. The van der Waals surface area contributed by atoms with Crippen molar-refractivity contribution in [3.8, 4) is 5.75 Å². The molecule has 4 amide bonds. The molecule has 0 saturated carbocycles. The molecule has 164 valence electrons. The van der Waals surface area contributed by atoms with E-state index in [1.54, 1.807) is 20.1 Å². The first-order valence-electron chi connectivity index (χ1n) is 10.5. The van der Waals surface area contributed by atoms with Crippen LogP contribution >= 0.6 is 0 Å². The van der Waals surface area contributed by atoms with Crippen LogP contribution in [-0.4, -0.2) is 41.9 Å². The van der Waals surface area contributed by atoms with Crippen molar-refractivity contribution in [3.05, 3.63) is 59.7 Å². The lowest BCUT2D eigenvalue weighted by Gasteiger charge is -2.22. The van der Waals surface area contributed by atoms with Gasteiger partial charge in [-0.15, -0.1) is 0 Å². The third kappa shape index (κ3) is 5.23. The van der Waals surface area contributed by atoms with Crippen molar-refractivity contribution < 1.29 is 19.1 Å². The van der Waals surface area contributed by atoms with Crippen molar-refractivity contribution in [2.75, 3.05) is 19.0 Å². The summed E-state index contributed by atoms with van der Waals surface area (Å²) in [4.78, 5) is 38.9. The molecule has 0 bridgehead atoms. The van der Waals surface area contributed by atoms with Crippen LogP contribution in [0.15, 0.2) is 48.5 Å². The Morgan fingerprint density at radius 2 is 1.84 bits per heavy atom. The quantitative estimate of drug-likeness (QED) is 0.604. The zero-order chi connectivity index (χ0) is 22.4. The molecule has 0 unspecified atom stereocenters. The Morgan fingerprint density at radius 1 is 1.13 bits per heavy atom. The maximum atomic E-state index is 13.0. The molecule has 2 N–H and O–H groups in total. The van der Waals surface area contributed by atoms with E-state index in [1.807, 2.05) is 42.5 Å². The van der Waals surface area contributed by atoms with Crippen LogP contribution in [0.4, 0.5) is 10.5 Å². The van der Waals surface area contributed by atoms with Crippen LogP contribution in [0.2, 0.25) is 0 Å². The fourth-order valence-electron chi connectivity index (χ4n) is 3.72. The van der Waals surface area contributed by atoms with E-state index < -0.39 is 23.4 Å². The molecule has 1 atom stereocenters. The summed E-state index contributed by atoms with van der Waals surface area (Å²) in [7, 11) is 1.56. The van der Waals surface area contributed by atoms with Gasteiger partial charge in [-0.05, 0) is 49.1 Å². The van der Waals surface area contributed by atoms with Crippen molar-refractivity contribution in [2.45, 2.75) is 45.1 Å². The number of nitrogens with zero attached hydrogens (tertiary/aromatic N) is 1. The van der Waals surface area contributed by atoms with E-state index in [0.29, 0.717) is 11.4 Å². The van der Waals surface area contributed by atoms with Gasteiger partial charge in [-0.3, -0.25) is 14.5 Å². The number of unbranched alkanes of at least 4 members (excludes halogenated alkanes) is 1. The molecule has 3 rings (SSSR count). The summed E-state index contributed by atoms with van der Waals surface area (Å²) in [6, 6.07) is 14.4. The average Bonchev–Trinajstić information content (AvgIpc) is 2.96. The van der Waals surface area contributed by atoms with Gasteiger partial charge in [0.25, 0.3) is 5.91 Å². The molecule has 31 heavy (non-hydrogen) atoms. The number of benzene rings is 2. The van der Waals surface area contributed by atoms with Crippen LogP contribution in [0.5, 0.6) is 5.75 Å². The van der Waals surface area contributed by atoms with Crippen molar-refractivity contribution in [3.63, 3.8) is 0 Å². The summed E-state index contributed by atoms with van der Waals surface area (Å²) < 4.78 is 5.35. The molecule has 7 heteroatoms. The molecular weight excluding hydrogens is 394 g/mol. The van der Waals surface area contributed by atoms with E-state index in [2.05, 4.69) is 17.6 Å². The maximum Gasteiger partial charge on any atom is 0.325 e. The highest BCUT2D eigenvalue weighted by Crippen LogP contribution is 2.27. The van der Waals surface area contributed by atoms with E-state index in [0.717, 1.165) is 29.7 Å². The van der Waals surface area contributed by atoms with Crippen molar-refractivity contribution in [1.29, 1.82) is 0 Å². The van der Waals surface area contributed by atoms with Crippen LogP contribution in [0.1, 0.15) is 37.8 Å². The van der Waals surface area contributed by atoms with Crippen LogP contribution in [0.25, 0.3) is 0 Å². The molecule has 1 aliphatic rings. The first-order valence-corrected chi connectivity index (χ1v) is 10.5. The number of hydrogen-bond acceptors (Lipinski definition) is 4. The average molecular weight is 424 g/mol. The number of rotatable bonds is 9. The number of ether oxygens (including phenoxy) is 1. The van der Waals surface area contributed by atoms with E-state index in [1.165, 1.54) is 5.56 Å². The van der Waals surface area contributed by atoms with Gasteiger partial charge < -0.3 is 15.4 Å². The number of anilines is 1. The number of nitrogens with one attached hydrogen (secondary N) is 2. The Labute approximate surface area is 182 Å². The van der Waals surface area contributed by atoms with E-state index in [-0.39, 0.29) is 13.0 Å². The molecule has 0 aliphatic carbocycles. The Balaban J connectivity index is 1.63. The zero-order valence-electron chi connectivity index (χ0n) is 18.2. The summed E-state index contributed by atoms with van der Waals surface area (Å²) in [5.41, 5.74) is 1.50. The number of para-hydroxylation sites is 1. The summed E-state index contributed by atoms with van der Waals surface area (Å²) in [5.74, 6) is -0.218. The number of methoxy groups -OCH3 is 1. The summed E-state index contributed by atoms with van der Waals surface area (Å²) in [6.45, 7) is 3.46. The first-order chi connectivity index (χ1) is 14.9. The number of carbonyl (C=O) groups excluding carboxylic acids is 3. The van der Waals surface area contributed by atoms with Crippen LogP contribution < -0.4 is 15.4 Å². The molecule has 2 aromatic carbocycles. The van der Waals surface area contributed by atoms with Crippen molar-refractivity contribution >= 4 is 23.5 Å². The fourth-order valence-corrected chi connectivity index (χ4v) is 3.72. The lowest BCUT2D eigenvalue weighted by atomic mass is 9.92. The van der Waals surface area contributed by atoms with Crippen LogP contribution in [0.3, 0.4) is 0 Å². The van der Waals surface area contributed by atoms with Gasteiger partial charge in [0.15, 0.2) is 0 Å². The summed E-state index contributed by atoms with van der Waals surface area (Å²) in [6.07, 6.45) is 3.50. The Kier molecular flexibility index (Phi) is 6.95. The Hall–Kier alpha value is -3.35. The minimum Gasteiger partial charge on any atom is -0.496 e. The topological polar surface area (TPSA) is 87.7 Å². The highest BCUT2D eigenvalue weighted by molar-refractivity contribution is 6.10. The molecule has 0 spiro atoms. The molecule has 1 heterocycles. The monoisotopic (exact) mass is 423 g/mol. The number of urea groups is 1. The fraction of sp³-hybridized carbons (Fsp3) is 0.375. The third-order valence-corrected chi connectivity index (χ3v) is 5.44. The minimum atomic E-state index is -1.15. The molecule has 1 aliphatic heterocycles. The van der Waals surface area contributed by atoms with Gasteiger partial charge in [0.1, 0.15) is 17.8 Å². The lowest BCUT2D eigenvalue weighted by Crippen LogP contribution is -2.46. The van der Waals surface area contributed by atoms with Crippen LogP contribution in [0, 0.1) is 0 Å². The number of carbonyl (C=O) groups is 3. The zero-order valence-corrected chi connectivity index (χ0v) is 18.2. The predicted octanol–water partition coefficient (Wildman–Crippen LogP) is 3.53. The van der Waals surface area contributed by atoms with Gasteiger partial charge in [-0.25, -0.2) is 4.79 Å². The van der Waals surface area contributed by atoms with Gasteiger partial charge in [0.05, 0.1) is 7.11 Å². The maximum absolute atomic E-state index is 13.0. The SMILES string of the molecule is CCCCc1ccc(NC(=O)CN2C(=O)N[C@](C)(Cc3ccccc3OC)C2=O)cc1. The second-order valence-corrected chi connectivity index (χ2v) is 7.99. The standard InChI is InChI=1S/C24H29N3O4/c1-4-5-8-17-11-13-19(14-12-17)25-21(28)16-27-22(29)24(2,26-23(27)30)15-18-9-6-7-10-20(18)31-3/h6-7,9-14H,4-5,8,15-16H2,1-3H3,(H,25,28)(H,26,30)/t24-/m1/s1. The second kappa shape index (κ2) is 9.64. The van der Waals surface area contributed by atoms with E-state index in [4.69, 9.17) is 4.74 Å². The van der Waals surface area contributed by atoms with Gasteiger partial charge >= 0.3 is 6.03 Å². The van der Waals surface area contributed by atoms with Gasteiger partial charge in [-0.1, -0.05) is 43.7 Å². The van der Waals surface area contributed by atoms with E-state index >= 15 is 0 Å². The third-order valence-electron chi connectivity index (χ3n) is 5.44. The highest BCUT2D eigenvalue weighted by Gasteiger charge is 2.48. The van der Waals surface area contributed by atoms with Crippen molar-refractivity contribution in [1.82, 2.24) is 10.2 Å². The van der Waals surface area contributed by atoms with Crippen LogP contribution in [-0.2, 0) is 22.4 Å². The van der Waals surface area contributed by atoms with E-state index in [9.17, 15) is 14.4 Å². The van der Waals surface area contributed by atoms with Crippen molar-refractivity contribution in [2.24, 2.45) is 0 Å². The summed E-state index contributed by atoms with van der Waals surface area (Å²) in [5, 5.41) is 5.48. The molecular formula is C24H29N3O4. The molecule has 1 saturated heterocycles. The molecule has 0 aromatic heterocycles. The smallest absolute Gasteiger partial charge is 0.325 e. The number of imide groups is 1. The van der Waals surface area contributed by atoms with Gasteiger partial charge in [0, 0.05) is 12.1 Å². The van der Waals surface area contributed by atoms with Gasteiger partial charge in [-0.2, -0.15) is 0 Å². The molecule has 2 aromatic rings. The number of aryl methyl sites for hydroxylation is 1. The largest absolute Gasteiger partial charge is 0.496 e. The lowest BCUT2D eigenvalue weighted by molar-refractivity contribution is -0.133. The van der Waals surface area contributed by atoms with Gasteiger partial charge in [0.2, 0.25) is 5.91 Å². The summed E-state index contributed by atoms with van der Waals surface area (Å²) >= 11 is 0. The Morgan fingerprint density at radius 3 is 2.52 bits per heavy atom. The highest BCUT2D eigenvalue weighted by atomic mass is 16.5. The molecule has 1 fully saturated rings. The minimum absolute atomic E-state index is 0.263.